The number of amides is 2. The second kappa shape index (κ2) is 9.29. The Morgan fingerprint density at radius 3 is 2.53 bits per heavy atom. The number of carbonyl (C=O) groups excluding carboxylic acids is 2. The van der Waals surface area contributed by atoms with E-state index in [2.05, 4.69) is 19.8 Å². The average Bonchev–Trinajstić information content (AvgIpc) is 3.57. The van der Waals surface area contributed by atoms with Gasteiger partial charge in [0.2, 0.25) is 0 Å². The van der Waals surface area contributed by atoms with Crippen LogP contribution in [-0.4, -0.2) is 66.2 Å². The Kier molecular flexibility index (Phi) is 5.83. The molecule has 8 heteroatoms. The zero-order valence-corrected chi connectivity index (χ0v) is 20.2. The number of aryl methyl sites for hydroxylation is 1. The minimum Gasteiger partial charge on any atom is -0.497 e. The molecule has 0 bridgehead atoms. The lowest BCUT2D eigenvalue weighted by molar-refractivity contribution is -0.122. The van der Waals surface area contributed by atoms with Crippen LogP contribution in [0.25, 0.3) is 33.0 Å². The number of fused-ring (bicyclic) bond motifs is 2. The molecule has 0 atom stereocenters. The number of nitrogens with zero attached hydrogens (tertiary/aromatic N) is 2. The number of methoxy groups -OCH3 is 1. The predicted molar refractivity (Wildman–Crippen MR) is 139 cm³/mol. The van der Waals surface area contributed by atoms with E-state index in [1.165, 1.54) is 0 Å². The molecule has 2 aromatic carbocycles. The van der Waals surface area contributed by atoms with Gasteiger partial charge in [0.1, 0.15) is 5.75 Å². The van der Waals surface area contributed by atoms with Gasteiger partial charge in [-0.25, -0.2) is 0 Å². The summed E-state index contributed by atoms with van der Waals surface area (Å²) in [4.78, 5) is 31.9. The van der Waals surface area contributed by atoms with Crippen molar-refractivity contribution >= 4 is 44.8 Å². The van der Waals surface area contributed by atoms with Crippen LogP contribution in [0, 0.1) is 0 Å². The van der Waals surface area contributed by atoms with Crippen molar-refractivity contribution in [1.29, 1.82) is 0 Å². The van der Waals surface area contributed by atoms with E-state index < -0.39 is 0 Å². The van der Waals surface area contributed by atoms with E-state index in [4.69, 9.17) is 9.47 Å². The zero-order valence-electron chi connectivity index (χ0n) is 20.2. The average molecular weight is 485 g/mol. The van der Waals surface area contributed by atoms with Crippen LogP contribution in [-0.2, 0) is 20.9 Å². The van der Waals surface area contributed by atoms with Crippen molar-refractivity contribution in [2.75, 3.05) is 40.0 Å². The van der Waals surface area contributed by atoms with Gasteiger partial charge in [-0.1, -0.05) is 18.2 Å². The van der Waals surface area contributed by atoms with Gasteiger partial charge in [-0.15, -0.1) is 0 Å². The number of para-hydroxylation sites is 1. The fourth-order valence-electron chi connectivity index (χ4n) is 5.32. The van der Waals surface area contributed by atoms with Gasteiger partial charge < -0.3 is 19.0 Å². The second-order valence-electron chi connectivity index (χ2n) is 9.21. The van der Waals surface area contributed by atoms with Gasteiger partial charge >= 0.3 is 0 Å². The third-order valence-corrected chi connectivity index (χ3v) is 7.13. The van der Waals surface area contributed by atoms with Crippen LogP contribution in [0.4, 0.5) is 0 Å². The van der Waals surface area contributed by atoms with Crippen molar-refractivity contribution in [3.63, 3.8) is 0 Å². The molecule has 184 valence electrons. The highest BCUT2D eigenvalue weighted by atomic mass is 16.5. The van der Waals surface area contributed by atoms with Gasteiger partial charge in [-0.2, -0.15) is 0 Å². The van der Waals surface area contributed by atoms with Crippen LogP contribution in [0.15, 0.2) is 54.9 Å². The van der Waals surface area contributed by atoms with Gasteiger partial charge in [0.25, 0.3) is 11.8 Å². The summed E-state index contributed by atoms with van der Waals surface area (Å²) in [6.07, 6.45) is 4.77. The SMILES string of the molecule is COc1ccc2c(C3=C(c4c[nH]c5ccccc45)C(=O)NC3=O)cn(CCCN3CCOCC3)c2c1. The third-order valence-electron chi connectivity index (χ3n) is 7.13. The highest BCUT2D eigenvalue weighted by molar-refractivity contribution is 6.50. The summed E-state index contributed by atoms with van der Waals surface area (Å²) in [5.74, 6) is 0.00399. The number of carbonyl (C=O) groups is 2. The summed E-state index contributed by atoms with van der Waals surface area (Å²) in [5.41, 5.74) is 4.19. The van der Waals surface area contributed by atoms with Crippen molar-refractivity contribution in [2.24, 2.45) is 0 Å². The maximum atomic E-state index is 13.2. The molecule has 6 rings (SSSR count). The molecule has 0 aliphatic carbocycles. The summed E-state index contributed by atoms with van der Waals surface area (Å²) in [5, 5.41) is 4.36. The first-order valence-electron chi connectivity index (χ1n) is 12.3. The molecule has 0 radical (unpaired) electrons. The Morgan fingerprint density at radius 2 is 1.72 bits per heavy atom. The van der Waals surface area contributed by atoms with Crippen molar-refractivity contribution in [2.45, 2.75) is 13.0 Å². The smallest absolute Gasteiger partial charge is 0.259 e. The topological polar surface area (TPSA) is 88.6 Å². The number of H-pyrrole nitrogens is 1. The monoisotopic (exact) mass is 484 g/mol. The number of aromatic nitrogens is 2. The molecule has 1 fully saturated rings. The molecule has 0 spiro atoms. The van der Waals surface area contributed by atoms with Crippen molar-refractivity contribution < 1.29 is 19.1 Å². The van der Waals surface area contributed by atoms with Crippen LogP contribution < -0.4 is 10.1 Å². The fourth-order valence-corrected chi connectivity index (χ4v) is 5.32. The first-order chi connectivity index (χ1) is 17.6. The lowest BCUT2D eigenvalue weighted by Crippen LogP contribution is -2.37. The number of imide groups is 1. The molecule has 8 nitrogen and oxygen atoms in total. The van der Waals surface area contributed by atoms with Gasteiger partial charge in [0.05, 0.1) is 37.0 Å². The summed E-state index contributed by atoms with van der Waals surface area (Å²) < 4.78 is 13.1. The summed E-state index contributed by atoms with van der Waals surface area (Å²) in [7, 11) is 1.65. The van der Waals surface area contributed by atoms with Crippen LogP contribution in [0.2, 0.25) is 0 Å². The van der Waals surface area contributed by atoms with Crippen molar-refractivity contribution in [3.05, 3.63) is 66.0 Å². The molecule has 0 unspecified atom stereocenters. The number of hydrogen-bond donors (Lipinski definition) is 2. The minimum absolute atomic E-state index is 0.372. The number of nitrogens with one attached hydrogen (secondary N) is 2. The van der Waals surface area contributed by atoms with Crippen molar-refractivity contribution in [3.8, 4) is 5.75 Å². The number of rotatable bonds is 7. The molecule has 0 saturated carbocycles. The molecule has 2 aromatic heterocycles. The Morgan fingerprint density at radius 1 is 0.944 bits per heavy atom. The maximum Gasteiger partial charge on any atom is 0.259 e. The van der Waals surface area contributed by atoms with Crippen LogP contribution in [0.3, 0.4) is 0 Å². The first-order valence-corrected chi connectivity index (χ1v) is 12.3. The number of hydrogen-bond acceptors (Lipinski definition) is 5. The molecule has 36 heavy (non-hydrogen) atoms. The second-order valence-corrected chi connectivity index (χ2v) is 9.21. The maximum absolute atomic E-state index is 13.2. The normalized spacial score (nSPS) is 16.9. The van der Waals surface area contributed by atoms with Gasteiger partial charge in [0.15, 0.2) is 0 Å². The van der Waals surface area contributed by atoms with Crippen LogP contribution >= 0.6 is 0 Å². The Bertz CT molecular complexity index is 1510. The molecule has 1 saturated heterocycles. The molecule has 2 amide bonds. The number of morpholine rings is 1. The quantitative estimate of drug-likeness (QED) is 0.393. The van der Waals surface area contributed by atoms with E-state index in [0.717, 1.165) is 84.5 Å². The summed E-state index contributed by atoms with van der Waals surface area (Å²) in [6, 6.07) is 13.6. The Balaban J connectivity index is 1.45. The Hall–Kier alpha value is -3.88. The van der Waals surface area contributed by atoms with E-state index in [9.17, 15) is 9.59 Å². The zero-order chi connectivity index (χ0) is 24.6. The standard InChI is InChI=1S/C28H28N4O4/c1-35-18-7-8-20-22(17-32(24(20)15-18)10-4-9-31-11-13-36-14-12-31)26-25(27(33)30-28(26)34)21-16-29-23-6-3-2-5-19(21)23/h2-3,5-8,15-17,29H,4,9-14H2,1H3,(H,30,33,34). The van der Waals surface area contributed by atoms with E-state index >= 15 is 0 Å². The highest BCUT2D eigenvalue weighted by Crippen LogP contribution is 2.39. The number of ether oxygens (including phenoxy) is 2. The molecule has 2 aliphatic rings. The van der Waals surface area contributed by atoms with Crippen molar-refractivity contribution in [1.82, 2.24) is 19.8 Å². The lowest BCUT2D eigenvalue weighted by Gasteiger charge is -2.26. The van der Waals surface area contributed by atoms with Gasteiger partial charge in [0, 0.05) is 72.1 Å². The van der Waals surface area contributed by atoms with E-state index in [1.54, 1.807) is 7.11 Å². The van der Waals surface area contributed by atoms with Crippen LogP contribution in [0.5, 0.6) is 5.75 Å². The van der Waals surface area contributed by atoms with E-state index in [-0.39, 0.29) is 11.8 Å². The van der Waals surface area contributed by atoms with Gasteiger partial charge in [-0.3, -0.25) is 19.8 Å². The molecule has 2 N–H and O–H groups in total. The van der Waals surface area contributed by atoms with Crippen LogP contribution in [0.1, 0.15) is 17.5 Å². The molecule has 4 aromatic rings. The molecule has 2 aliphatic heterocycles. The first kappa shape index (κ1) is 22.6. The molecule has 4 heterocycles. The highest BCUT2D eigenvalue weighted by Gasteiger charge is 2.35. The summed E-state index contributed by atoms with van der Waals surface area (Å²) >= 11 is 0. The van der Waals surface area contributed by atoms with E-state index in [0.29, 0.717) is 11.1 Å². The molecular weight excluding hydrogens is 456 g/mol. The Labute approximate surface area is 208 Å². The molecular formula is C28H28N4O4. The lowest BCUT2D eigenvalue weighted by atomic mass is 9.95. The number of aromatic amines is 1. The fraction of sp³-hybridized carbons (Fsp3) is 0.286. The number of benzene rings is 2. The van der Waals surface area contributed by atoms with Gasteiger partial charge in [-0.05, 0) is 24.6 Å². The predicted octanol–water partition coefficient (Wildman–Crippen LogP) is 3.42. The largest absolute Gasteiger partial charge is 0.497 e. The third kappa shape index (κ3) is 3.88. The minimum atomic E-state index is -0.374. The van der Waals surface area contributed by atoms with E-state index in [1.807, 2.05) is 54.9 Å². The summed E-state index contributed by atoms with van der Waals surface area (Å²) in [6.45, 7) is 5.23.